The Bertz CT molecular complexity index is 2130. The summed E-state index contributed by atoms with van der Waals surface area (Å²) in [6.07, 6.45) is 24.7. The van der Waals surface area contributed by atoms with Crippen LogP contribution in [0.2, 0.25) is 0 Å². The number of rotatable bonds is 30. The van der Waals surface area contributed by atoms with Gasteiger partial charge >= 0.3 is 11.9 Å². The van der Waals surface area contributed by atoms with Crippen LogP contribution in [-0.4, -0.2) is 31.4 Å². The molecule has 0 N–H and O–H groups in total. The van der Waals surface area contributed by atoms with Gasteiger partial charge in [-0.05, 0) is 128 Å². The molecule has 64 heavy (non-hydrogen) atoms. The summed E-state index contributed by atoms with van der Waals surface area (Å²) in [4.78, 5) is 30.3. The molecule has 0 spiro atoms. The second kappa shape index (κ2) is 29.3. The van der Waals surface area contributed by atoms with Gasteiger partial charge < -0.3 is 18.9 Å². The largest absolute Gasteiger partial charge is 0.494 e. The van der Waals surface area contributed by atoms with Crippen molar-refractivity contribution >= 4 is 35.2 Å². The lowest BCUT2D eigenvalue weighted by Gasteiger charge is -2.08. The molecular formula is C55H67N3O6. The Morgan fingerprint density at radius 2 is 0.812 bits per heavy atom. The highest BCUT2D eigenvalue weighted by atomic mass is 16.5. The van der Waals surface area contributed by atoms with E-state index in [0.717, 1.165) is 54.3 Å². The van der Waals surface area contributed by atoms with Crippen molar-refractivity contribution in [2.24, 2.45) is 15.2 Å². The van der Waals surface area contributed by atoms with Gasteiger partial charge in [-0.15, -0.1) is 0 Å². The summed E-state index contributed by atoms with van der Waals surface area (Å²) in [5.74, 6) is 1.23. The van der Waals surface area contributed by atoms with Crippen molar-refractivity contribution in [3.63, 3.8) is 0 Å². The van der Waals surface area contributed by atoms with E-state index >= 15 is 0 Å². The van der Waals surface area contributed by atoms with E-state index in [1.807, 2.05) is 54.6 Å². The molecule has 9 heteroatoms. The van der Waals surface area contributed by atoms with Crippen molar-refractivity contribution in [2.75, 3.05) is 13.2 Å². The van der Waals surface area contributed by atoms with Crippen LogP contribution in [0.5, 0.6) is 23.0 Å². The van der Waals surface area contributed by atoms with Crippen molar-refractivity contribution < 1.29 is 28.5 Å². The van der Waals surface area contributed by atoms with Crippen molar-refractivity contribution in [1.82, 2.24) is 0 Å². The molecule has 9 nitrogen and oxygen atoms in total. The minimum Gasteiger partial charge on any atom is -0.494 e. The van der Waals surface area contributed by atoms with Crippen LogP contribution in [0, 0.1) is 0 Å². The third-order valence-corrected chi connectivity index (χ3v) is 10.8. The van der Waals surface area contributed by atoms with E-state index in [4.69, 9.17) is 18.9 Å². The van der Waals surface area contributed by atoms with E-state index in [1.54, 1.807) is 72.9 Å². The Hall–Kier alpha value is -6.09. The van der Waals surface area contributed by atoms with E-state index in [9.17, 15) is 9.59 Å². The average Bonchev–Trinajstić information content (AvgIpc) is 3.32. The molecule has 0 saturated heterocycles. The van der Waals surface area contributed by atoms with Crippen LogP contribution in [0.15, 0.2) is 137 Å². The maximum absolute atomic E-state index is 13.0. The zero-order chi connectivity index (χ0) is 44.9. The number of benzene rings is 5. The van der Waals surface area contributed by atoms with Crippen molar-refractivity contribution in [2.45, 2.75) is 129 Å². The van der Waals surface area contributed by atoms with Gasteiger partial charge in [0.05, 0.1) is 41.4 Å². The lowest BCUT2D eigenvalue weighted by Crippen LogP contribution is -2.10. The Morgan fingerprint density at radius 3 is 1.30 bits per heavy atom. The molecule has 0 aromatic heterocycles. The lowest BCUT2D eigenvalue weighted by molar-refractivity contribution is 0.0730. The number of aliphatic imine (C=N–C) groups is 1. The van der Waals surface area contributed by atoms with Crippen LogP contribution in [0.3, 0.4) is 0 Å². The molecule has 5 rings (SSSR count). The Morgan fingerprint density at radius 1 is 0.422 bits per heavy atom. The van der Waals surface area contributed by atoms with Crippen LogP contribution in [0.25, 0.3) is 0 Å². The van der Waals surface area contributed by atoms with Gasteiger partial charge in [-0.25, -0.2) is 9.59 Å². The van der Waals surface area contributed by atoms with E-state index < -0.39 is 11.9 Å². The molecule has 0 bridgehead atoms. The third kappa shape index (κ3) is 19.1. The number of carbonyl (C=O) groups is 2. The summed E-state index contributed by atoms with van der Waals surface area (Å²) >= 11 is 0. The zero-order valence-electron chi connectivity index (χ0n) is 38.1. The fraction of sp³-hybridized carbons (Fsp3) is 0.400. The second-order valence-electron chi connectivity index (χ2n) is 16.2. The van der Waals surface area contributed by atoms with Gasteiger partial charge in [-0.1, -0.05) is 129 Å². The SMILES string of the molecule is CCCCCCCCCCCCOc1ccc(N=Nc2ccc(N=Cc3cccc(OC(=O)c4ccc(OC(=O)c5ccc(OCCCCCCCCCC)cc5)cc4)c3)cc2)cc1. The lowest BCUT2D eigenvalue weighted by atomic mass is 10.1. The summed E-state index contributed by atoms with van der Waals surface area (Å²) in [6, 6.07) is 35.5. The molecule has 0 aliphatic heterocycles. The van der Waals surface area contributed by atoms with E-state index in [2.05, 4.69) is 29.1 Å². The molecule has 5 aromatic carbocycles. The number of nitrogens with zero attached hydrogens (tertiary/aromatic N) is 3. The molecule has 0 amide bonds. The van der Waals surface area contributed by atoms with Gasteiger partial charge in [0.25, 0.3) is 0 Å². The molecule has 0 radical (unpaired) electrons. The minimum absolute atomic E-state index is 0.315. The third-order valence-electron chi connectivity index (χ3n) is 10.8. The summed E-state index contributed by atoms with van der Waals surface area (Å²) in [5.41, 5.74) is 3.68. The standard InChI is InChI=1S/C55H67N3O6/c1-3-5-7-9-11-13-14-16-18-20-41-62-51-38-32-49(33-39-51)58-57-48-30-28-47(29-31-48)56-43-44-22-21-23-53(42-44)64-55(60)46-26-36-52(37-27-46)63-54(59)45-24-34-50(35-25-45)61-40-19-17-15-12-10-8-6-4-2/h21-39,42-43H,3-20,40-41H2,1-2H3. The molecule has 0 unspecified atom stereocenters. The van der Waals surface area contributed by atoms with Gasteiger partial charge in [0, 0.05) is 6.21 Å². The van der Waals surface area contributed by atoms with Gasteiger partial charge in [-0.3, -0.25) is 4.99 Å². The van der Waals surface area contributed by atoms with Gasteiger partial charge in [-0.2, -0.15) is 10.2 Å². The number of carbonyl (C=O) groups excluding carboxylic acids is 2. The topological polar surface area (TPSA) is 108 Å². The number of azo groups is 1. The predicted octanol–water partition coefficient (Wildman–Crippen LogP) is 16.1. The van der Waals surface area contributed by atoms with Crippen LogP contribution in [0.1, 0.15) is 156 Å². The van der Waals surface area contributed by atoms with Crippen molar-refractivity contribution in [1.29, 1.82) is 0 Å². The predicted molar refractivity (Wildman–Crippen MR) is 259 cm³/mol. The Kier molecular flexibility index (Phi) is 22.4. The molecule has 5 aromatic rings. The highest BCUT2D eigenvalue weighted by molar-refractivity contribution is 5.93. The molecular weight excluding hydrogens is 799 g/mol. The van der Waals surface area contributed by atoms with E-state index in [0.29, 0.717) is 34.9 Å². The van der Waals surface area contributed by atoms with Crippen LogP contribution in [0.4, 0.5) is 17.1 Å². The van der Waals surface area contributed by atoms with Crippen LogP contribution >= 0.6 is 0 Å². The summed E-state index contributed by atoms with van der Waals surface area (Å²) in [7, 11) is 0. The first-order chi connectivity index (χ1) is 31.5. The van der Waals surface area contributed by atoms with Gasteiger partial charge in [0.2, 0.25) is 0 Å². The summed E-state index contributed by atoms with van der Waals surface area (Å²) in [6.45, 7) is 5.89. The molecule has 0 fully saturated rings. The molecule has 0 atom stereocenters. The Balaban J connectivity index is 0.984. The van der Waals surface area contributed by atoms with Crippen LogP contribution in [-0.2, 0) is 0 Å². The highest BCUT2D eigenvalue weighted by Crippen LogP contribution is 2.25. The van der Waals surface area contributed by atoms with Crippen molar-refractivity contribution in [3.8, 4) is 23.0 Å². The normalized spacial score (nSPS) is 11.3. The summed E-state index contributed by atoms with van der Waals surface area (Å²) < 4.78 is 23.0. The van der Waals surface area contributed by atoms with Gasteiger partial charge in [0.15, 0.2) is 0 Å². The monoisotopic (exact) mass is 866 g/mol. The molecule has 0 heterocycles. The van der Waals surface area contributed by atoms with Crippen molar-refractivity contribution in [3.05, 3.63) is 138 Å². The molecule has 0 saturated carbocycles. The fourth-order valence-electron chi connectivity index (χ4n) is 7.02. The quantitative estimate of drug-likeness (QED) is 0.0150. The van der Waals surface area contributed by atoms with E-state index in [1.165, 1.54) is 96.3 Å². The number of unbranched alkanes of at least 4 members (excludes halogenated alkanes) is 16. The van der Waals surface area contributed by atoms with Gasteiger partial charge in [0.1, 0.15) is 23.0 Å². The first-order valence-electron chi connectivity index (χ1n) is 23.6. The van der Waals surface area contributed by atoms with E-state index in [-0.39, 0.29) is 0 Å². The summed E-state index contributed by atoms with van der Waals surface area (Å²) in [5, 5.41) is 8.74. The highest BCUT2D eigenvalue weighted by Gasteiger charge is 2.13. The number of hydrogen-bond acceptors (Lipinski definition) is 9. The zero-order valence-corrected chi connectivity index (χ0v) is 38.1. The first kappa shape index (κ1) is 48.9. The van der Waals surface area contributed by atoms with Crippen LogP contribution < -0.4 is 18.9 Å². The maximum atomic E-state index is 13.0. The number of ether oxygens (including phenoxy) is 4. The minimum atomic E-state index is -0.539. The molecule has 338 valence electrons. The number of hydrogen-bond donors (Lipinski definition) is 0. The first-order valence-corrected chi connectivity index (χ1v) is 23.6. The smallest absolute Gasteiger partial charge is 0.343 e. The molecule has 0 aliphatic rings. The molecule has 0 aliphatic carbocycles. The maximum Gasteiger partial charge on any atom is 0.343 e. The fourth-order valence-corrected chi connectivity index (χ4v) is 7.02. The second-order valence-corrected chi connectivity index (χ2v) is 16.2. The Labute approximate surface area is 381 Å². The number of esters is 2. The average molecular weight is 866 g/mol.